The molecule has 7 heteroatoms. The number of nitrogens with two attached hydrogens (primary N) is 1. The number of thiazole rings is 1. The quantitative estimate of drug-likeness (QED) is 0.918. The maximum Gasteiger partial charge on any atom is 0.399 e. The van der Waals surface area contributed by atoms with E-state index in [-0.39, 0.29) is 18.5 Å². The van der Waals surface area contributed by atoms with E-state index < -0.39 is 11.6 Å². The summed E-state index contributed by atoms with van der Waals surface area (Å²) in [6.07, 6.45) is -0.468. The van der Waals surface area contributed by atoms with Crippen molar-refractivity contribution in [2.45, 2.75) is 30.9 Å². The molecule has 0 bridgehead atoms. The highest BCUT2D eigenvalue weighted by Gasteiger charge is 2.60. The Morgan fingerprint density at radius 1 is 1.25 bits per heavy atom. The molecule has 3 rings (SSSR count). The van der Waals surface area contributed by atoms with Gasteiger partial charge in [-0.3, -0.25) is 4.98 Å². The first-order valence-corrected chi connectivity index (χ1v) is 6.99. The highest BCUT2D eigenvalue weighted by molar-refractivity contribution is 7.18. The molecule has 106 valence electrons. The largest absolute Gasteiger partial charge is 0.399 e. The van der Waals surface area contributed by atoms with E-state index in [9.17, 15) is 13.2 Å². The molecule has 20 heavy (non-hydrogen) atoms. The summed E-state index contributed by atoms with van der Waals surface area (Å²) >= 11 is 1.25. The van der Waals surface area contributed by atoms with Gasteiger partial charge in [0, 0.05) is 12.4 Å². The molecule has 2 N–H and O–H groups in total. The van der Waals surface area contributed by atoms with Crippen molar-refractivity contribution in [2.24, 2.45) is 0 Å². The van der Waals surface area contributed by atoms with Gasteiger partial charge in [-0.15, -0.1) is 0 Å². The lowest BCUT2D eigenvalue weighted by Crippen LogP contribution is -2.48. The standard InChI is InChI=1S/C13H12F3N3S/c14-13(15,16)12(3-1-4-12)10-6-8(2-5-18-10)9-7-19-11(17)20-9/h2,5-7H,1,3-4H2,(H2,17,19). The Bertz CT molecular complexity index is 632. The topological polar surface area (TPSA) is 51.8 Å². The molecule has 0 aromatic carbocycles. The molecule has 0 saturated heterocycles. The number of pyridine rings is 1. The molecule has 0 unspecified atom stereocenters. The molecule has 2 heterocycles. The molecule has 0 atom stereocenters. The molecule has 2 aromatic rings. The number of nitrogen functional groups attached to an aromatic ring is 1. The van der Waals surface area contributed by atoms with Crippen LogP contribution in [0.5, 0.6) is 0 Å². The van der Waals surface area contributed by atoms with E-state index in [4.69, 9.17) is 5.73 Å². The van der Waals surface area contributed by atoms with Crippen LogP contribution >= 0.6 is 11.3 Å². The number of halogens is 3. The third kappa shape index (κ3) is 1.96. The van der Waals surface area contributed by atoms with Crippen LogP contribution in [0.15, 0.2) is 24.5 Å². The molecule has 1 aliphatic carbocycles. The Labute approximate surface area is 117 Å². The third-order valence-corrected chi connectivity index (χ3v) is 4.68. The molecule has 1 fully saturated rings. The van der Waals surface area contributed by atoms with Crippen molar-refractivity contribution in [3.63, 3.8) is 0 Å². The predicted octanol–water partition coefficient (Wildman–Crippen LogP) is 3.77. The van der Waals surface area contributed by atoms with Gasteiger partial charge in [-0.2, -0.15) is 13.2 Å². The molecule has 2 aromatic heterocycles. The smallest absolute Gasteiger partial charge is 0.375 e. The van der Waals surface area contributed by atoms with Gasteiger partial charge in [0.1, 0.15) is 5.41 Å². The Balaban J connectivity index is 2.03. The SMILES string of the molecule is Nc1ncc(-c2ccnc(C3(C(F)(F)F)CCC3)c2)s1. The van der Waals surface area contributed by atoms with Crippen molar-refractivity contribution < 1.29 is 13.2 Å². The zero-order valence-electron chi connectivity index (χ0n) is 10.4. The molecule has 3 nitrogen and oxygen atoms in total. The van der Waals surface area contributed by atoms with Crippen molar-refractivity contribution in [1.29, 1.82) is 0 Å². The number of hydrogen-bond donors (Lipinski definition) is 1. The lowest BCUT2D eigenvalue weighted by molar-refractivity contribution is -0.214. The highest BCUT2D eigenvalue weighted by atomic mass is 32.1. The van der Waals surface area contributed by atoms with Gasteiger partial charge in [0.2, 0.25) is 0 Å². The van der Waals surface area contributed by atoms with Gasteiger partial charge >= 0.3 is 6.18 Å². The van der Waals surface area contributed by atoms with Crippen LogP contribution in [0, 0.1) is 0 Å². The van der Waals surface area contributed by atoms with Crippen LogP contribution in [0.25, 0.3) is 10.4 Å². The van der Waals surface area contributed by atoms with E-state index in [0.29, 0.717) is 17.1 Å². The van der Waals surface area contributed by atoms with Crippen molar-refractivity contribution in [1.82, 2.24) is 9.97 Å². The molecular formula is C13H12F3N3S. The minimum Gasteiger partial charge on any atom is -0.375 e. The average Bonchev–Trinajstić information content (AvgIpc) is 2.73. The Kier molecular flexibility index (Phi) is 2.97. The first-order valence-electron chi connectivity index (χ1n) is 6.17. The first kappa shape index (κ1) is 13.4. The van der Waals surface area contributed by atoms with E-state index >= 15 is 0 Å². The highest BCUT2D eigenvalue weighted by Crippen LogP contribution is 2.54. The van der Waals surface area contributed by atoms with E-state index in [1.165, 1.54) is 23.6 Å². The van der Waals surface area contributed by atoms with Crippen molar-refractivity contribution in [3.05, 3.63) is 30.2 Å². The second kappa shape index (κ2) is 4.44. The van der Waals surface area contributed by atoms with Crippen LogP contribution in [0.3, 0.4) is 0 Å². The van der Waals surface area contributed by atoms with E-state index in [1.807, 2.05) is 0 Å². The van der Waals surface area contributed by atoms with E-state index in [0.717, 1.165) is 4.88 Å². The van der Waals surface area contributed by atoms with Gasteiger partial charge < -0.3 is 5.73 Å². The second-order valence-corrected chi connectivity index (χ2v) is 5.99. The van der Waals surface area contributed by atoms with Gasteiger partial charge in [-0.05, 0) is 30.5 Å². The van der Waals surface area contributed by atoms with Gasteiger partial charge in [0.15, 0.2) is 5.13 Å². The van der Waals surface area contributed by atoms with Gasteiger partial charge in [0.05, 0.1) is 10.6 Å². The summed E-state index contributed by atoms with van der Waals surface area (Å²) in [7, 11) is 0. The molecule has 1 saturated carbocycles. The average molecular weight is 299 g/mol. The monoisotopic (exact) mass is 299 g/mol. The molecule has 1 aliphatic rings. The van der Waals surface area contributed by atoms with Crippen LogP contribution in [0.4, 0.5) is 18.3 Å². The maximum absolute atomic E-state index is 13.3. The summed E-state index contributed by atoms with van der Waals surface area (Å²) in [6.45, 7) is 0. The fraction of sp³-hybridized carbons (Fsp3) is 0.385. The van der Waals surface area contributed by atoms with Crippen molar-refractivity contribution >= 4 is 16.5 Å². The number of alkyl halides is 3. The van der Waals surface area contributed by atoms with E-state index in [2.05, 4.69) is 9.97 Å². The molecule has 0 spiro atoms. The summed E-state index contributed by atoms with van der Waals surface area (Å²) < 4.78 is 39.9. The predicted molar refractivity (Wildman–Crippen MR) is 71.3 cm³/mol. The fourth-order valence-electron chi connectivity index (χ4n) is 2.48. The van der Waals surface area contributed by atoms with Crippen LogP contribution < -0.4 is 5.73 Å². The summed E-state index contributed by atoms with van der Waals surface area (Å²) in [5.74, 6) is 0. The van der Waals surface area contributed by atoms with Crippen LogP contribution in [-0.4, -0.2) is 16.1 Å². The number of aromatic nitrogens is 2. The van der Waals surface area contributed by atoms with E-state index in [1.54, 1.807) is 12.3 Å². The number of rotatable bonds is 2. The number of hydrogen-bond acceptors (Lipinski definition) is 4. The van der Waals surface area contributed by atoms with Gasteiger partial charge in [-0.25, -0.2) is 4.98 Å². The lowest BCUT2D eigenvalue weighted by Gasteiger charge is -2.42. The normalized spacial score (nSPS) is 17.8. The maximum atomic E-state index is 13.3. The number of nitrogens with zero attached hydrogens (tertiary/aromatic N) is 2. The van der Waals surface area contributed by atoms with Crippen LogP contribution in [-0.2, 0) is 5.41 Å². The second-order valence-electron chi connectivity index (χ2n) is 4.93. The third-order valence-electron chi connectivity index (χ3n) is 3.81. The summed E-state index contributed by atoms with van der Waals surface area (Å²) in [6, 6.07) is 3.19. The molecule has 0 aliphatic heterocycles. The van der Waals surface area contributed by atoms with Crippen LogP contribution in [0.2, 0.25) is 0 Å². The summed E-state index contributed by atoms with van der Waals surface area (Å²) in [5.41, 5.74) is 4.56. The Morgan fingerprint density at radius 2 is 2.00 bits per heavy atom. The molecule has 0 amide bonds. The van der Waals surface area contributed by atoms with Crippen molar-refractivity contribution in [3.8, 4) is 10.4 Å². The zero-order valence-corrected chi connectivity index (χ0v) is 11.3. The van der Waals surface area contributed by atoms with Crippen LogP contribution in [0.1, 0.15) is 25.0 Å². The van der Waals surface area contributed by atoms with Crippen molar-refractivity contribution in [2.75, 3.05) is 5.73 Å². The Hall–Kier alpha value is -1.63. The molecule has 0 radical (unpaired) electrons. The number of anilines is 1. The Morgan fingerprint density at radius 3 is 2.50 bits per heavy atom. The lowest BCUT2D eigenvalue weighted by atomic mass is 9.65. The zero-order chi connectivity index (χ0) is 14.4. The minimum absolute atomic E-state index is 0.0979. The summed E-state index contributed by atoms with van der Waals surface area (Å²) in [5, 5.41) is 0.396. The van der Waals surface area contributed by atoms with Gasteiger partial charge in [-0.1, -0.05) is 17.8 Å². The first-order chi connectivity index (χ1) is 9.42. The summed E-state index contributed by atoms with van der Waals surface area (Å²) in [4.78, 5) is 8.64. The van der Waals surface area contributed by atoms with Gasteiger partial charge in [0.25, 0.3) is 0 Å². The minimum atomic E-state index is -4.26. The fourth-order valence-corrected chi connectivity index (χ4v) is 3.16. The molecular weight excluding hydrogens is 287 g/mol.